The van der Waals surface area contributed by atoms with Crippen molar-refractivity contribution in [3.05, 3.63) is 29.8 Å². The molecule has 1 unspecified atom stereocenters. The number of amides is 3. The van der Waals surface area contributed by atoms with Crippen LogP contribution in [0.2, 0.25) is 0 Å². The summed E-state index contributed by atoms with van der Waals surface area (Å²) in [5, 5.41) is 9.33. The van der Waals surface area contributed by atoms with Crippen molar-refractivity contribution in [1.82, 2.24) is 9.80 Å². The van der Waals surface area contributed by atoms with Gasteiger partial charge in [0.25, 0.3) is 5.91 Å². The summed E-state index contributed by atoms with van der Waals surface area (Å²) in [5.41, 5.74) is 12.6. The minimum atomic E-state index is -0.765. The molecule has 4 aliphatic rings. The van der Waals surface area contributed by atoms with E-state index in [1.54, 1.807) is 34.1 Å². The van der Waals surface area contributed by atoms with Gasteiger partial charge in [0.1, 0.15) is 6.04 Å². The second kappa shape index (κ2) is 6.79. The van der Waals surface area contributed by atoms with Gasteiger partial charge >= 0.3 is 0 Å². The summed E-state index contributed by atoms with van der Waals surface area (Å²) < 4.78 is 0. The zero-order chi connectivity index (χ0) is 21.2. The van der Waals surface area contributed by atoms with Gasteiger partial charge in [0, 0.05) is 19.1 Å². The lowest BCUT2D eigenvalue weighted by molar-refractivity contribution is -0.135. The van der Waals surface area contributed by atoms with Gasteiger partial charge in [-0.1, -0.05) is 12.1 Å². The fourth-order valence-corrected chi connectivity index (χ4v) is 5.48. The monoisotopic (exact) mass is 408 g/mol. The number of carbonyl (C=O) groups is 3. The first-order chi connectivity index (χ1) is 14.4. The second-order valence-electron chi connectivity index (χ2n) is 8.74. The minimum Gasteiger partial charge on any atom is -0.366 e. The van der Waals surface area contributed by atoms with Crippen molar-refractivity contribution in [1.29, 1.82) is 5.26 Å². The van der Waals surface area contributed by atoms with Crippen molar-refractivity contribution in [3.63, 3.8) is 0 Å². The Labute approximate surface area is 174 Å². The zero-order valence-electron chi connectivity index (χ0n) is 16.5. The molecule has 156 valence electrons. The molecule has 3 heterocycles. The van der Waals surface area contributed by atoms with E-state index in [1.807, 2.05) is 4.90 Å². The quantitative estimate of drug-likeness (QED) is 0.668. The molecule has 0 aromatic heterocycles. The average molecular weight is 408 g/mol. The van der Waals surface area contributed by atoms with Crippen LogP contribution in [0.25, 0.3) is 0 Å². The molecule has 1 aromatic carbocycles. The van der Waals surface area contributed by atoms with Gasteiger partial charge in [-0.3, -0.25) is 19.3 Å². The summed E-state index contributed by atoms with van der Waals surface area (Å²) in [4.78, 5) is 43.0. The number of nitrogens with two attached hydrogens (primary N) is 2. The number of benzene rings is 1. The van der Waals surface area contributed by atoms with E-state index < -0.39 is 11.9 Å². The third-order valence-electron chi connectivity index (χ3n) is 6.95. The summed E-state index contributed by atoms with van der Waals surface area (Å²) in [6, 6.07) is 7.62. The summed E-state index contributed by atoms with van der Waals surface area (Å²) >= 11 is 0. The first-order valence-electron chi connectivity index (χ1n) is 10.3. The molecule has 6 atom stereocenters. The van der Waals surface area contributed by atoms with E-state index >= 15 is 0 Å². The van der Waals surface area contributed by atoms with E-state index in [2.05, 4.69) is 6.07 Å². The van der Waals surface area contributed by atoms with Crippen molar-refractivity contribution < 1.29 is 14.4 Å². The summed E-state index contributed by atoms with van der Waals surface area (Å²) in [5.74, 6) is -0.425. The molecule has 9 nitrogen and oxygen atoms in total. The number of nitriles is 1. The predicted molar refractivity (Wildman–Crippen MR) is 107 cm³/mol. The van der Waals surface area contributed by atoms with Crippen LogP contribution in [0.1, 0.15) is 29.6 Å². The van der Waals surface area contributed by atoms with Gasteiger partial charge in [-0.25, -0.2) is 0 Å². The molecule has 2 bridgehead atoms. The van der Waals surface area contributed by atoms with Gasteiger partial charge in [-0.05, 0) is 37.3 Å². The summed E-state index contributed by atoms with van der Waals surface area (Å²) in [6.45, 7) is 0.862. The van der Waals surface area contributed by atoms with Crippen molar-refractivity contribution in [2.75, 3.05) is 18.0 Å². The lowest BCUT2D eigenvalue weighted by Crippen LogP contribution is -2.57. The maximum atomic E-state index is 13.1. The van der Waals surface area contributed by atoms with Crippen LogP contribution in [0.15, 0.2) is 24.3 Å². The Hall–Kier alpha value is -2.96. The smallest absolute Gasteiger partial charge is 0.250 e. The molecule has 4 N–H and O–H groups in total. The fraction of sp³-hybridized carbons (Fsp3) is 0.524. The number of para-hydroxylation sites is 1. The van der Waals surface area contributed by atoms with E-state index in [-0.39, 0.29) is 42.5 Å². The molecule has 1 aliphatic carbocycles. The van der Waals surface area contributed by atoms with Crippen LogP contribution in [-0.2, 0) is 9.59 Å². The van der Waals surface area contributed by atoms with Gasteiger partial charge in [-0.2, -0.15) is 5.26 Å². The Morgan fingerprint density at radius 3 is 2.70 bits per heavy atom. The number of carbonyl (C=O) groups excluding carboxylic acids is 3. The number of piperazine rings is 1. The van der Waals surface area contributed by atoms with Crippen molar-refractivity contribution >= 4 is 23.4 Å². The highest BCUT2D eigenvalue weighted by atomic mass is 16.2. The number of piperidine rings is 1. The van der Waals surface area contributed by atoms with Crippen LogP contribution in [0, 0.1) is 17.2 Å². The highest BCUT2D eigenvalue weighted by Gasteiger charge is 2.56. The SMILES string of the molecule is N#C[C@@H]1C[C@@H]2C[C@@H]2N1C(=O)[C@@H](N)CN1CC2C[C@H]1C(=O)N2c1ccccc1C(N)=O. The molecule has 3 saturated heterocycles. The van der Waals surface area contributed by atoms with Gasteiger partial charge < -0.3 is 21.3 Å². The highest BCUT2D eigenvalue weighted by Crippen LogP contribution is 2.47. The minimum absolute atomic E-state index is 0.0863. The van der Waals surface area contributed by atoms with Crippen molar-refractivity contribution in [2.45, 2.75) is 49.5 Å². The molecule has 0 radical (unpaired) electrons. The number of hydrogen-bond donors (Lipinski definition) is 2. The molecule has 1 aromatic rings. The van der Waals surface area contributed by atoms with Crippen LogP contribution in [0.5, 0.6) is 0 Å². The Kier molecular flexibility index (Phi) is 4.31. The third kappa shape index (κ3) is 2.79. The van der Waals surface area contributed by atoms with Crippen LogP contribution < -0.4 is 16.4 Å². The lowest BCUT2D eigenvalue weighted by atomic mass is 10.1. The fourth-order valence-electron chi connectivity index (χ4n) is 5.48. The Morgan fingerprint density at radius 2 is 2.00 bits per heavy atom. The Morgan fingerprint density at radius 1 is 1.23 bits per heavy atom. The number of primary amides is 1. The lowest BCUT2D eigenvalue weighted by Gasteiger charge is -2.36. The normalized spacial score (nSPS) is 32.8. The molecule has 5 rings (SSSR count). The number of hydrogen-bond acceptors (Lipinski definition) is 6. The van der Waals surface area contributed by atoms with E-state index in [4.69, 9.17) is 11.5 Å². The number of fused-ring (bicyclic) bond motifs is 3. The second-order valence-corrected chi connectivity index (χ2v) is 8.74. The number of nitrogens with zero attached hydrogens (tertiary/aromatic N) is 4. The first-order valence-corrected chi connectivity index (χ1v) is 10.3. The third-order valence-corrected chi connectivity index (χ3v) is 6.95. The van der Waals surface area contributed by atoms with E-state index in [0.29, 0.717) is 30.1 Å². The summed E-state index contributed by atoms with van der Waals surface area (Å²) in [6.07, 6.45) is 2.32. The summed E-state index contributed by atoms with van der Waals surface area (Å²) in [7, 11) is 0. The molecular formula is C21H24N6O3. The first kappa shape index (κ1) is 19.0. The standard InChI is InChI=1S/C21H24N6O3/c22-8-12-5-11-6-17(11)26(12)20(29)15(23)10-25-9-13-7-18(25)21(30)27(13)16-4-2-1-3-14(16)19(24)28/h1-4,11-13,15,17-18H,5-7,9-10,23H2,(H2,24,28)/t11-,12+,13?,15+,17+,18+/m1/s1. The van der Waals surface area contributed by atoms with E-state index in [9.17, 15) is 19.6 Å². The highest BCUT2D eigenvalue weighted by molar-refractivity contribution is 6.07. The van der Waals surface area contributed by atoms with Crippen LogP contribution in [-0.4, -0.2) is 70.8 Å². The van der Waals surface area contributed by atoms with Crippen LogP contribution in [0.3, 0.4) is 0 Å². The number of likely N-dealkylation sites (tertiary alicyclic amines) is 2. The molecule has 1 saturated carbocycles. The van der Waals surface area contributed by atoms with Gasteiger partial charge in [0.15, 0.2) is 0 Å². The molecule has 0 spiro atoms. The molecule has 30 heavy (non-hydrogen) atoms. The Bertz CT molecular complexity index is 974. The van der Waals surface area contributed by atoms with Gasteiger partial charge in [-0.15, -0.1) is 0 Å². The van der Waals surface area contributed by atoms with E-state index in [0.717, 1.165) is 12.8 Å². The molecule has 9 heteroatoms. The molecule has 4 fully saturated rings. The topological polar surface area (TPSA) is 137 Å². The average Bonchev–Trinajstić information content (AvgIpc) is 3.07. The maximum absolute atomic E-state index is 13.1. The number of anilines is 1. The largest absolute Gasteiger partial charge is 0.366 e. The molecular weight excluding hydrogens is 384 g/mol. The number of rotatable bonds is 5. The zero-order valence-corrected chi connectivity index (χ0v) is 16.5. The predicted octanol–water partition coefficient (Wildman–Crippen LogP) is -0.585. The van der Waals surface area contributed by atoms with E-state index in [1.165, 1.54) is 0 Å². The molecule has 3 aliphatic heterocycles. The van der Waals surface area contributed by atoms with Crippen molar-refractivity contribution in [3.8, 4) is 6.07 Å². The maximum Gasteiger partial charge on any atom is 0.250 e. The van der Waals surface area contributed by atoms with Crippen molar-refractivity contribution in [2.24, 2.45) is 17.4 Å². The van der Waals surface area contributed by atoms with Gasteiger partial charge in [0.2, 0.25) is 11.8 Å². The van der Waals surface area contributed by atoms with Crippen LogP contribution >= 0.6 is 0 Å². The molecule has 3 amide bonds. The van der Waals surface area contributed by atoms with Crippen LogP contribution in [0.4, 0.5) is 5.69 Å². The Balaban J connectivity index is 1.28. The van der Waals surface area contributed by atoms with Gasteiger partial charge in [0.05, 0.1) is 35.4 Å².